The summed E-state index contributed by atoms with van der Waals surface area (Å²) in [5.41, 5.74) is 7.00. The van der Waals surface area contributed by atoms with Crippen molar-refractivity contribution in [3.8, 4) is 0 Å². The summed E-state index contributed by atoms with van der Waals surface area (Å²) in [5, 5.41) is 3.48. The molecule has 0 radical (unpaired) electrons. The normalized spacial score (nSPS) is 19.2. The Morgan fingerprint density at radius 1 is 1.62 bits per heavy atom. The van der Waals surface area contributed by atoms with Gasteiger partial charge in [-0.3, -0.25) is 0 Å². The van der Waals surface area contributed by atoms with Crippen LogP contribution in [-0.4, -0.2) is 17.1 Å². The van der Waals surface area contributed by atoms with Crippen molar-refractivity contribution in [1.82, 2.24) is 4.98 Å². The molecule has 3 nitrogen and oxygen atoms in total. The Bertz CT molecular complexity index is 390. The number of pyridine rings is 1. The van der Waals surface area contributed by atoms with Crippen LogP contribution >= 0.6 is 15.9 Å². The Morgan fingerprint density at radius 3 is 2.81 bits per heavy atom. The monoisotopic (exact) mass is 283 g/mol. The third-order valence-corrected chi connectivity index (χ3v) is 3.89. The first kappa shape index (κ1) is 11.9. The van der Waals surface area contributed by atoms with Gasteiger partial charge in [0.1, 0.15) is 5.82 Å². The van der Waals surface area contributed by atoms with Crippen molar-refractivity contribution in [3.63, 3.8) is 0 Å². The molecule has 88 valence electrons. The summed E-state index contributed by atoms with van der Waals surface area (Å²) in [6, 6.07) is 2.07. The van der Waals surface area contributed by atoms with Crippen molar-refractivity contribution in [2.45, 2.75) is 32.2 Å². The average Bonchev–Trinajstić information content (AvgIpc) is 3.06. The molecule has 1 aliphatic carbocycles. The summed E-state index contributed by atoms with van der Waals surface area (Å²) in [5.74, 6) is 1.58. The Labute approximate surface area is 105 Å². The Hall–Kier alpha value is -0.610. The van der Waals surface area contributed by atoms with Gasteiger partial charge in [-0.15, -0.1) is 0 Å². The molecule has 16 heavy (non-hydrogen) atoms. The summed E-state index contributed by atoms with van der Waals surface area (Å²) >= 11 is 3.53. The lowest BCUT2D eigenvalue weighted by Crippen LogP contribution is -2.45. The predicted molar refractivity (Wildman–Crippen MR) is 70.5 cm³/mol. The van der Waals surface area contributed by atoms with Crippen molar-refractivity contribution < 1.29 is 0 Å². The van der Waals surface area contributed by atoms with Gasteiger partial charge in [0.25, 0.3) is 0 Å². The first-order valence-corrected chi connectivity index (χ1v) is 6.45. The largest absolute Gasteiger partial charge is 0.362 e. The van der Waals surface area contributed by atoms with Crippen LogP contribution in [0.15, 0.2) is 16.7 Å². The molecule has 1 heterocycles. The van der Waals surface area contributed by atoms with E-state index in [9.17, 15) is 0 Å². The Balaban J connectivity index is 2.18. The number of nitrogens with zero attached hydrogens (tertiary/aromatic N) is 1. The van der Waals surface area contributed by atoms with Crippen LogP contribution in [-0.2, 0) is 0 Å². The van der Waals surface area contributed by atoms with E-state index in [0.29, 0.717) is 12.5 Å². The molecule has 0 aromatic carbocycles. The maximum Gasteiger partial charge on any atom is 0.140 e. The van der Waals surface area contributed by atoms with Gasteiger partial charge in [-0.25, -0.2) is 4.98 Å². The standard InChI is InChI=1S/C12H18BrN3/c1-8-5-10(13)11(15-6-8)16-12(2,7-14)9-3-4-9/h5-6,9H,3-4,7,14H2,1-2H3,(H,15,16). The number of aromatic nitrogens is 1. The topological polar surface area (TPSA) is 50.9 Å². The molecule has 3 N–H and O–H groups in total. The lowest BCUT2D eigenvalue weighted by Gasteiger charge is -2.30. The number of aryl methyl sites for hydroxylation is 1. The van der Waals surface area contributed by atoms with E-state index in [4.69, 9.17) is 5.73 Å². The van der Waals surface area contributed by atoms with Gasteiger partial charge in [0.05, 0.1) is 10.0 Å². The zero-order valence-electron chi connectivity index (χ0n) is 9.76. The highest BCUT2D eigenvalue weighted by atomic mass is 79.9. The van der Waals surface area contributed by atoms with E-state index in [1.807, 2.05) is 13.1 Å². The number of halogens is 1. The zero-order valence-corrected chi connectivity index (χ0v) is 11.3. The minimum atomic E-state index is -0.0230. The molecule has 4 heteroatoms. The molecule has 1 atom stereocenters. The molecule has 1 unspecified atom stereocenters. The van der Waals surface area contributed by atoms with Crippen LogP contribution in [0.25, 0.3) is 0 Å². The van der Waals surface area contributed by atoms with Crippen LogP contribution in [0.3, 0.4) is 0 Å². The molecule has 0 aliphatic heterocycles. The fourth-order valence-electron chi connectivity index (χ4n) is 1.94. The van der Waals surface area contributed by atoms with Crippen molar-refractivity contribution >= 4 is 21.7 Å². The number of nitrogens with one attached hydrogen (secondary N) is 1. The lowest BCUT2D eigenvalue weighted by molar-refractivity contribution is 0.457. The first-order valence-electron chi connectivity index (χ1n) is 5.65. The van der Waals surface area contributed by atoms with E-state index in [2.05, 4.69) is 39.2 Å². The maximum atomic E-state index is 5.87. The summed E-state index contributed by atoms with van der Waals surface area (Å²) in [7, 11) is 0. The maximum absolute atomic E-state index is 5.87. The van der Waals surface area contributed by atoms with Crippen LogP contribution in [0.5, 0.6) is 0 Å². The van der Waals surface area contributed by atoms with Crippen LogP contribution in [0.4, 0.5) is 5.82 Å². The van der Waals surface area contributed by atoms with Gasteiger partial charge in [-0.05, 0) is 60.2 Å². The first-order chi connectivity index (χ1) is 7.55. The molecule has 1 aliphatic rings. The Morgan fingerprint density at radius 2 is 2.31 bits per heavy atom. The summed E-state index contributed by atoms with van der Waals surface area (Å²) in [6.45, 7) is 4.85. The summed E-state index contributed by atoms with van der Waals surface area (Å²) < 4.78 is 1.01. The third kappa shape index (κ3) is 2.38. The van der Waals surface area contributed by atoms with Crippen molar-refractivity contribution in [1.29, 1.82) is 0 Å². The quantitative estimate of drug-likeness (QED) is 0.893. The second-order valence-electron chi connectivity index (χ2n) is 4.86. The van der Waals surface area contributed by atoms with Gasteiger partial charge in [0, 0.05) is 12.7 Å². The minimum Gasteiger partial charge on any atom is -0.362 e. The van der Waals surface area contributed by atoms with E-state index in [0.717, 1.165) is 15.9 Å². The SMILES string of the molecule is Cc1cnc(NC(C)(CN)C2CC2)c(Br)c1. The minimum absolute atomic E-state index is 0.0230. The van der Waals surface area contributed by atoms with Crippen molar-refractivity contribution in [3.05, 3.63) is 22.3 Å². The molecule has 0 spiro atoms. The highest BCUT2D eigenvalue weighted by Gasteiger charge is 2.40. The molecule has 1 fully saturated rings. The van der Waals surface area contributed by atoms with Crippen LogP contribution in [0.2, 0.25) is 0 Å². The van der Waals surface area contributed by atoms with E-state index < -0.39 is 0 Å². The lowest BCUT2D eigenvalue weighted by atomic mass is 9.96. The van der Waals surface area contributed by atoms with E-state index >= 15 is 0 Å². The molecule has 0 saturated heterocycles. The van der Waals surface area contributed by atoms with E-state index in [1.165, 1.54) is 12.8 Å². The number of hydrogen-bond acceptors (Lipinski definition) is 3. The van der Waals surface area contributed by atoms with Crippen molar-refractivity contribution in [2.24, 2.45) is 11.7 Å². The highest BCUT2D eigenvalue weighted by Crippen LogP contribution is 2.41. The van der Waals surface area contributed by atoms with Gasteiger partial charge < -0.3 is 11.1 Å². The summed E-state index contributed by atoms with van der Waals surface area (Å²) in [6.07, 6.45) is 4.41. The van der Waals surface area contributed by atoms with Crippen molar-refractivity contribution in [2.75, 3.05) is 11.9 Å². The number of rotatable bonds is 4. The summed E-state index contributed by atoms with van der Waals surface area (Å²) in [4.78, 5) is 4.41. The van der Waals surface area contributed by atoms with Crippen LogP contribution in [0, 0.1) is 12.8 Å². The molecule has 1 aromatic rings. The van der Waals surface area contributed by atoms with Gasteiger partial charge >= 0.3 is 0 Å². The van der Waals surface area contributed by atoms with Gasteiger partial charge in [0.15, 0.2) is 0 Å². The smallest absolute Gasteiger partial charge is 0.140 e. The van der Waals surface area contributed by atoms with Crippen LogP contribution < -0.4 is 11.1 Å². The number of hydrogen-bond donors (Lipinski definition) is 2. The average molecular weight is 284 g/mol. The van der Waals surface area contributed by atoms with Gasteiger partial charge in [-0.2, -0.15) is 0 Å². The zero-order chi connectivity index (χ0) is 11.8. The van der Waals surface area contributed by atoms with Crippen LogP contribution in [0.1, 0.15) is 25.3 Å². The number of anilines is 1. The second kappa shape index (κ2) is 4.34. The second-order valence-corrected chi connectivity index (χ2v) is 5.72. The third-order valence-electron chi connectivity index (χ3n) is 3.28. The fourth-order valence-corrected chi connectivity index (χ4v) is 2.50. The highest BCUT2D eigenvalue weighted by molar-refractivity contribution is 9.10. The predicted octanol–water partition coefficient (Wildman–Crippen LogP) is 2.69. The molecule has 0 bridgehead atoms. The molecule has 0 amide bonds. The molecule has 2 rings (SSSR count). The molecule has 1 saturated carbocycles. The van der Waals surface area contributed by atoms with E-state index in [-0.39, 0.29) is 5.54 Å². The molecule has 1 aromatic heterocycles. The number of nitrogens with two attached hydrogens (primary N) is 1. The molecular weight excluding hydrogens is 266 g/mol. The molecular formula is C12H18BrN3. The Kier molecular flexibility index (Phi) is 3.22. The van der Waals surface area contributed by atoms with E-state index in [1.54, 1.807) is 0 Å². The van der Waals surface area contributed by atoms with Gasteiger partial charge in [-0.1, -0.05) is 0 Å². The fraction of sp³-hybridized carbons (Fsp3) is 0.583. The van der Waals surface area contributed by atoms with Gasteiger partial charge in [0.2, 0.25) is 0 Å².